The first-order chi connectivity index (χ1) is 8.67. The van der Waals surface area contributed by atoms with Crippen molar-refractivity contribution >= 4 is 5.97 Å². The lowest BCUT2D eigenvalue weighted by atomic mass is 10.1. The van der Waals surface area contributed by atoms with Crippen LogP contribution in [0.1, 0.15) is 33.1 Å². The third-order valence-electron chi connectivity index (χ3n) is 2.76. The molecule has 0 aromatic rings. The highest BCUT2D eigenvalue weighted by molar-refractivity contribution is 5.93. The van der Waals surface area contributed by atoms with Crippen molar-refractivity contribution in [1.29, 1.82) is 5.26 Å². The molecule has 0 aromatic heterocycles. The molecule has 0 spiro atoms. The van der Waals surface area contributed by atoms with E-state index in [0.717, 1.165) is 18.7 Å². The zero-order chi connectivity index (χ0) is 13.4. The number of hydrogen-bond acceptors (Lipinski definition) is 4. The molecule has 0 aromatic carbocycles. The summed E-state index contributed by atoms with van der Waals surface area (Å²) in [5.41, 5.74) is 0.962. The van der Waals surface area contributed by atoms with Gasteiger partial charge in [0.25, 0.3) is 0 Å². The lowest BCUT2D eigenvalue weighted by Crippen LogP contribution is -2.24. The molecule has 18 heavy (non-hydrogen) atoms. The summed E-state index contributed by atoms with van der Waals surface area (Å²) in [5.74, 6) is -0.550. The third-order valence-corrected chi connectivity index (χ3v) is 2.76. The SMILES string of the molecule is CCOC(=O)/C(C#N)=C/C(C)=C/N1CCCCC1. The van der Waals surface area contributed by atoms with E-state index in [1.807, 2.05) is 19.2 Å². The first kappa shape index (κ1) is 14.3. The number of hydrogen-bond donors (Lipinski definition) is 0. The minimum absolute atomic E-state index is 0.0580. The number of likely N-dealkylation sites (tertiary alicyclic amines) is 1. The van der Waals surface area contributed by atoms with Gasteiger partial charge in [0, 0.05) is 19.3 Å². The number of esters is 1. The number of carbonyl (C=O) groups excluding carboxylic acids is 1. The quantitative estimate of drug-likeness (QED) is 0.332. The Morgan fingerprint density at radius 2 is 2.06 bits per heavy atom. The largest absolute Gasteiger partial charge is 0.462 e. The fourth-order valence-corrected chi connectivity index (χ4v) is 1.95. The van der Waals surface area contributed by atoms with E-state index in [9.17, 15) is 4.79 Å². The number of ether oxygens (including phenoxy) is 1. The van der Waals surface area contributed by atoms with Gasteiger partial charge >= 0.3 is 5.97 Å². The maximum absolute atomic E-state index is 11.4. The lowest BCUT2D eigenvalue weighted by Gasteiger charge is -2.25. The molecular formula is C14H20N2O2. The number of rotatable bonds is 4. The van der Waals surface area contributed by atoms with Crippen LogP contribution >= 0.6 is 0 Å². The van der Waals surface area contributed by atoms with Crippen molar-refractivity contribution in [2.75, 3.05) is 19.7 Å². The maximum atomic E-state index is 11.4. The van der Waals surface area contributed by atoms with E-state index in [4.69, 9.17) is 10.00 Å². The fourth-order valence-electron chi connectivity index (χ4n) is 1.95. The van der Waals surface area contributed by atoms with Crippen LogP contribution in [0.25, 0.3) is 0 Å². The molecule has 0 aliphatic carbocycles. The topological polar surface area (TPSA) is 53.3 Å². The number of carbonyl (C=O) groups is 1. The van der Waals surface area contributed by atoms with Crippen molar-refractivity contribution < 1.29 is 9.53 Å². The summed E-state index contributed by atoms with van der Waals surface area (Å²) in [6, 6.07) is 1.88. The molecule has 0 bridgehead atoms. The predicted octanol–water partition coefficient (Wildman–Crippen LogP) is 2.39. The summed E-state index contributed by atoms with van der Waals surface area (Å²) in [5, 5.41) is 8.92. The molecule has 1 saturated heterocycles. The van der Waals surface area contributed by atoms with E-state index in [0.29, 0.717) is 0 Å². The molecular weight excluding hydrogens is 228 g/mol. The first-order valence-electron chi connectivity index (χ1n) is 6.38. The summed E-state index contributed by atoms with van der Waals surface area (Å²) in [4.78, 5) is 13.7. The highest BCUT2D eigenvalue weighted by atomic mass is 16.5. The van der Waals surface area contributed by atoms with E-state index >= 15 is 0 Å². The molecule has 4 nitrogen and oxygen atoms in total. The molecule has 0 atom stereocenters. The summed E-state index contributed by atoms with van der Waals surface area (Å²) in [6.07, 6.45) is 7.29. The fraction of sp³-hybridized carbons (Fsp3) is 0.571. The lowest BCUT2D eigenvalue weighted by molar-refractivity contribution is -0.138. The number of allylic oxidation sites excluding steroid dienone is 2. The van der Waals surface area contributed by atoms with Gasteiger partial charge in [0.2, 0.25) is 0 Å². The van der Waals surface area contributed by atoms with Crippen LogP contribution in [0.2, 0.25) is 0 Å². The van der Waals surface area contributed by atoms with Gasteiger partial charge < -0.3 is 9.64 Å². The van der Waals surface area contributed by atoms with Crippen molar-refractivity contribution in [3.8, 4) is 6.07 Å². The van der Waals surface area contributed by atoms with Gasteiger partial charge in [-0.25, -0.2) is 4.79 Å². The zero-order valence-corrected chi connectivity index (χ0v) is 11.1. The first-order valence-corrected chi connectivity index (χ1v) is 6.38. The highest BCUT2D eigenvalue weighted by Gasteiger charge is 2.10. The molecule has 0 saturated carbocycles. The monoisotopic (exact) mass is 248 g/mol. The van der Waals surface area contributed by atoms with Gasteiger partial charge in [-0.05, 0) is 44.8 Å². The van der Waals surface area contributed by atoms with Gasteiger partial charge in [0.15, 0.2) is 0 Å². The van der Waals surface area contributed by atoms with E-state index < -0.39 is 5.97 Å². The van der Waals surface area contributed by atoms with Crippen LogP contribution in [-0.4, -0.2) is 30.6 Å². The Morgan fingerprint density at radius 1 is 1.39 bits per heavy atom. The summed E-state index contributed by atoms with van der Waals surface area (Å²) >= 11 is 0. The third kappa shape index (κ3) is 4.62. The Balaban J connectivity index is 2.69. The average Bonchev–Trinajstić information content (AvgIpc) is 2.37. The van der Waals surface area contributed by atoms with Crippen LogP contribution in [0, 0.1) is 11.3 Å². The molecule has 1 heterocycles. The summed E-state index contributed by atoms with van der Waals surface area (Å²) in [6.45, 7) is 6.00. The predicted molar refractivity (Wildman–Crippen MR) is 69.5 cm³/mol. The van der Waals surface area contributed by atoms with E-state index in [1.165, 1.54) is 19.3 Å². The number of piperidine rings is 1. The number of nitrogens with zero attached hydrogens (tertiary/aromatic N) is 2. The molecule has 0 N–H and O–H groups in total. The van der Waals surface area contributed by atoms with Crippen molar-refractivity contribution in [3.63, 3.8) is 0 Å². The molecule has 98 valence electrons. The van der Waals surface area contributed by atoms with Crippen molar-refractivity contribution in [2.45, 2.75) is 33.1 Å². The molecule has 0 radical (unpaired) electrons. The Hall–Kier alpha value is -1.76. The zero-order valence-electron chi connectivity index (χ0n) is 11.1. The molecule has 0 unspecified atom stereocenters. The Bertz CT molecular complexity index is 385. The smallest absolute Gasteiger partial charge is 0.348 e. The minimum atomic E-state index is -0.550. The average molecular weight is 248 g/mol. The molecule has 0 amide bonds. The Kier molecular flexibility index (Phi) is 5.99. The van der Waals surface area contributed by atoms with E-state index in [-0.39, 0.29) is 12.2 Å². The van der Waals surface area contributed by atoms with Crippen LogP contribution in [0.5, 0.6) is 0 Å². The van der Waals surface area contributed by atoms with Crippen LogP contribution in [0.4, 0.5) is 0 Å². The maximum Gasteiger partial charge on any atom is 0.348 e. The van der Waals surface area contributed by atoms with Gasteiger partial charge in [-0.1, -0.05) is 0 Å². The second-order valence-electron chi connectivity index (χ2n) is 4.36. The minimum Gasteiger partial charge on any atom is -0.462 e. The van der Waals surface area contributed by atoms with Crippen LogP contribution in [-0.2, 0) is 9.53 Å². The Labute approximate surface area is 109 Å². The van der Waals surface area contributed by atoms with Crippen LogP contribution in [0.3, 0.4) is 0 Å². The van der Waals surface area contributed by atoms with Crippen molar-refractivity contribution in [3.05, 3.63) is 23.4 Å². The molecule has 1 aliphatic heterocycles. The normalized spacial score (nSPS) is 17.3. The van der Waals surface area contributed by atoms with Crippen molar-refractivity contribution in [1.82, 2.24) is 4.90 Å². The standard InChI is InChI=1S/C14H20N2O2/c1-3-18-14(17)13(10-15)9-12(2)11-16-7-5-4-6-8-16/h9,11H,3-8H2,1-2H3/b12-11+,13-9+. The molecule has 4 heteroatoms. The molecule has 1 fully saturated rings. The van der Waals surface area contributed by atoms with Crippen LogP contribution in [0.15, 0.2) is 23.4 Å². The highest BCUT2D eigenvalue weighted by Crippen LogP contribution is 2.12. The summed E-state index contributed by atoms with van der Waals surface area (Å²) in [7, 11) is 0. The molecule has 1 rings (SSSR count). The molecule has 1 aliphatic rings. The van der Waals surface area contributed by atoms with Gasteiger partial charge in [-0.2, -0.15) is 5.26 Å². The van der Waals surface area contributed by atoms with Gasteiger partial charge in [0.05, 0.1) is 6.61 Å². The van der Waals surface area contributed by atoms with Gasteiger partial charge in [-0.15, -0.1) is 0 Å². The Morgan fingerprint density at radius 3 is 2.61 bits per heavy atom. The van der Waals surface area contributed by atoms with Crippen molar-refractivity contribution in [2.24, 2.45) is 0 Å². The number of nitriles is 1. The van der Waals surface area contributed by atoms with Gasteiger partial charge in [-0.3, -0.25) is 0 Å². The van der Waals surface area contributed by atoms with Crippen LogP contribution < -0.4 is 0 Å². The van der Waals surface area contributed by atoms with Gasteiger partial charge in [0.1, 0.15) is 11.6 Å². The van der Waals surface area contributed by atoms with E-state index in [1.54, 1.807) is 13.0 Å². The second kappa shape index (κ2) is 7.54. The summed E-state index contributed by atoms with van der Waals surface area (Å²) < 4.78 is 4.82. The van der Waals surface area contributed by atoms with E-state index in [2.05, 4.69) is 4.90 Å². The second-order valence-corrected chi connectivity index (χ2v) is 4.36.